The fraction of sp³-hybridized carbons (Fsp3) is 0.524. The number of para-hydroxylation sites is 2. The van der Waals surface area contributed by atoms with E-state index < -0.39 is 8.07 Å². The van der Waals surface area contributed by atoms with Crippen LogP contribution in [0.15, 0.2) is 36.8 Å². The summed E-state index contributed by atoms with van der Waals surface area (Å²) in [5.41, 5.74) is 2.34. The number of carbonyl (C=O) groups excluding carboxylic acids is 1. The molecule has 0 spiro atoms. The number of benzene rings is 1. The Morgan fingerprint density at radius 1 is 1.18 bits per heavy atom. The molecule has 1 N–H and O–H groups in total. The van der Waals surface area contributed by atoms with E-state index in [1.165, 1.54) is 19.3 Å². The van der Waals surface area contributed by atoms with Gasteiger partial charge < -0.3 is 19.5 Å². The predicted octanol–water partition coefficient (Wildman–Crippen LogP) is 4.44. The van der Waals surface area contributed by atoms with Gasteiger partial charge >= 0.3 is 0 Å². The number of imidazole rings is 1. The Balaban J connectivity index is 1.58. The van der Waals surface area contributed by atoms with E-state index in [0.717, 1.165) is 37.1 Å². The van der Waals surface area contributed by atoms with Gasteiger partial charge in [-0.3, -0.25) is 4.79 Å². The van der Waals surface area contributed by atoms with Crippen LogP contribution >= 0.6 is 0 Å². The first-order valence-corrected chi connectivity index (χ1v) is 13.9. The van der Waals surface area contributed by atoms with Crippen molar-refractivity contribution < 1.29 is 9.53 Å². The number of nitrogens with zero attached hydrogens (tertiary/aromatic N) is 3. The van der Waals surface area contributed by atoms with Gasteiger partial charge in [0.2, 0.25) is 0 Å². The molecule has 1 aliphatic rings. The molecule has 1 aliphatic heterocycles. The zero-order chi connectivity index (χ0) is 20.0. The van der Waals surface area contributed by atoms with Gasteiger partial charge in [0.05, 0.1) is 17.7 Å². The molecular formula is C21H32N4O2Si. The molecule has 0 bridgehead atoms. The van der Waals surface area contributed by atoms with Gasteiger partial charge in [0.25, 0.3) is 5.91 Å². The smallest absolute Gasteiger partial charge is 0.275 e. The fourth-order valence-electron chi connectivity index (χ4n) is 3.27. The second kappa shape index (κ2) is 9.38. The molecule has 6 nitrogen and oxygen atoms in total. The van der Waals surface area contributed by atoms with Crippen LogP contribution in [0.25, 0.3) is 0 Å². The predicted molar refractivity (Wildman–Crippen MR) is 117 cm³/mol. The van der Waals surface area contributed by atoms with Crippen LogP contribution in [0.2, 0.25) is 25.7 Å². The van der Waals surface area contributed by atoms with Crippen molar-refractivity contribution in [2.45, 2.75) is 51.7 Å². The lowest BCUT2D eigenvalue weighted by atomic mass is 10.1. The first kappa shape index (κ1) is 20.6. The largest absolute Gasteiger partial charge is 0.370 e. The number of anilines is 2. The van der Waals surface area contributed by atoms with Crippen molar-refractivity contribution in [3.05, 3.63) is 42.5 Å². The van der Waals surface area contributed by atoms with Crippen LogP contribution in [-0.2, 0) is 11.5 Å². The Morgan fingerprint density at radius 3 is 2.68 bits per heavy atom. The van der Waals surface area contributed by atoms with E-state index in [2.05, 4.69) is 40.9 Å². The minimum absolute atomic E-state index is 0.190. The SMILES string of the molecule is C[Si](C)(C)CCOCn1cnc(C(=O)Nc2ccccc2N2CCCCC2)c1. The van der Waals surface area contributed by atoms with Gasteiger partial charge in [-0.1, -0.05) is 31.8 Å². The Bertz CT molecular complexity index is 779. The molecule has 3 rings (SSSR count). The zero-order valence-corrected chi connectivity index (χ0v) is 18.3. The first-order valence-electron chi connectivity index (χ1n) is 10.2. The monoisotopic (exact) mass is 400 g/mol. The lowest BCUT2D eigenvalue weighted by molar-refractivity contribution is 0.0870. The van der Waals surface area contributed by atoms with E-state index >= 15 is 0 Å². The molecule has 2 aromatic rings. The summed E-state index contributed by atoms with van der Waals surface area (Å²) in [4.78, 5) is 19.3. The van der Waals surface area contributed by atoms with Crippen molar-refractivity contribution in [2.24, 2.45) is 0 Å². The number of carbonyl (C=O) groups is 1. The van der Waals surface area contributed by atoms with Crippen molar-refractivity contribution in [2.75, 3.05) is 29.9 Å². The highest BCUT2D eigenvalue weighted by Gasteiger charge is 2.17. The summed E-state index contributed by atoms with van der Waals surface area (Å²) >= 11 is 0. The average Bonchev–Trinajstić information content (AvgIpc) is 3.15. The minimum Gasteiger partial charge on any atom is -0.370 e. The van der Waals surface area contributed by atoms with E-state index in [9.17, 15) is 4.79 Å². The normalized spacial score (nSPS) is 14.9. The van der Waals surface area contributed by atoms with E-state index in [4.69, 9.17) is 4.74 Å². The fourth-order valence-corrected chi connectivity index (χ4v) is 4.03. The number of amides is 1. The summed E-state index contributed by atoms with van der Waals surface area (Å²) in [6.07, 6.45) is 7.07. The molecule has 1 fully saturated rings. The second-order valence-corrected chi connectivity index (χ2v) is 14.3. The molecule has 0 atom stereocenters. The number of nitrogens with one attached hydrogen (secondary N) is 1. The summed E-state index contributed by atoms with van der Waals surface area (Å²) in [5.74, 6) is -0.190. The van der Waals surface area contributed by atoms with Gasteiger partial charge in [0, 0.05) is 34.0 Å². The summed E-state index contributed by atoms with van der Waals surface area (Å²) in [6.45, 7) is 10.2. The van der Waals surface area contributed by atoms with Crippen molar-refractivity contribution in [3.8, 4) is 0 Å². The molecule has 1 aromatic heterocycles. The molecule has 28 heavy (non-hydrogen) atoms. The van der Waals surface area contributed by atoms with Crippen LogP contribution in [-0.4, -0.2) is 43.2 Å². The highest BCUT2D eigenvalue weighted by atomic mass is 28.3. The molecule has 1 amide bonds. The Hall–Kier alpha value is -2.12. The Labute approximate surface area is 168 Å². The van der Waals surface area contributed by atoms with E-state index in [1.807, 2.05) is 22.8 Å². The number of hydrogen-bond acceptors (Lipinski definition) is 4. The highest BCUT2D eigenvalue weighted by molar-refractivity contribution is 6.76. The van der Waals surface area contributed by atoms with Gasteiger partial charge in [0.1, 0.15) is 12.4 Å². The van der Waals surface area contributed by atoms with Crippen molar-refractivity contribution >= 4 is 25.4 Å². The van der Waals surface area contributed by atoms with Crippen LogP contribution in [0.4, 0.5) is 11.4 Å². The molecule has 2 heterocycles. The molecular weight excluding hydrogens is 368 g/mol. The minimum atomic E-state index is -1.09. The molecule has 0 aliphatic carbocycles. The topological polar surface area (TPSA) is 59.4 Å². The van der Waals surface area contributed by atoms with Gasteiger partial charge in [-0.25, -0.2) is 4.98 Å². The van der Waals surface area contributed by atoms with Crippen molar-refractivity contribution in [1.29, 1.82) is 0 Å². The van der Waals surface area contributed by atoms with Crippen LogP contribution in [0.3, 0.4) is 0 Å². The summed E-state index contributed by atoms with van der Waals surface area (Å²) < 4.78 is 7.54. The molecule has 152 valence electrons. The van der Waals surface area contributed by atoms with Crippen molar-refractivity contribution in [1.82, 2.24) is 9.55 Å². The third kappa shape index (κ3) is 5.94. The maximum atomic E-state index is 12.7. The number of rotatable bonds is 8. The molecule has 1 aromatic carbocycles. The van der Waals surface area contributed by atoms with Gasteiger partial charge in [-0.15, -0.1) is 0 Å². The lowest BCUT2D eigenvalue weighted by Crippen LogP contribution is -2.30. The first-order chi connectivity index (χ1) is 13.4. The van der Waals surface area contributed by atoms with Gasteiger partial charge in [0.15, 0.2) is 0 Å². The summed E-state index contributed by atoms with van der Waals surface area (Å²) in [6, 6.07) is 9.13. The maximum Gasteiger partial charge on any atom is 0.275 e. The number of aromatic nitrogens is 2. The molecule has 1 saturated heterocycles. The zero-order valence-electron chi connectivity index (χ0n) is 17.3. The van der Waals surface area contributed by atoms with Gasteiger partial charge in [-0.2, -0.15) is 0 Å². The Morgan fingerprint density at radius 2 is 1.93 bits per heavy atom. The standard InChI is InChI=1S/C21H32N4O2Si/c1-28(2,3)14-13-27-17-24-15-19(22-16-24)21(26)23-18-9-5-6-10-20(18)25-11-7-4-8-12-25/h5-6,9-10,15-16H,4,7-8,11-14,17H2,1-3H3,(H,23,26). The van der Waals surface area contributed by atoms with Gasteiger partial charge in [-0.05, 0) is 37.4 Å². The third-order valence-electron chi connectivity index (χ3n) is 4.95. The molecule has 0 unspecified atom stereocenters. The van der Waals surface area contributed by atoms with Crippen LogP contribution in [0.5, 0.6) is 0 Å². The van der Waals surface area contributed by atoms with E-state index in [1.54, 1.807) is 12.5 Å². The van der Waals surface area contributed by atoms with Crippen molar-refractivity contribution in [3.63, 3.8) is 0 Å². The van der Waals surface area contributed by atoms with Crippen LogP contribution in [0, 0.1) is 0 Å². The number of hydrogen-bond donors (Lipinski definition) is 1. The average molecular weight is 401 g/mol. The number of piperidine rings is 1. The van der Waals surface area contributed by atoms with Crippen LogP contribution in [0.1, 0.15) is 29.8 Å². The molecule has 7 heteroatoms. The van der Waals surface area contributed by atoms with Crippen LogP contribution < -0.4 is 10.2 Å². The second-order valence-electron chi connectivity index (χ2n) is 8.64. The Kier molecular flexibility index (Phi) is 6.91. The maximum absolute atomic E-state index is 12.7. The van der Waals surface area contributed by atoms with E-state index in [0.29, 0.717) is 12.4 Å². The molecule has 0 radical (unpaired) electrons. The number of ether oxygens (including phenoxy) is 1. The molecule has 0 saturated carbocycles. The third-order valence-corrected chi connectivity index (χ3v) is 6.66. The lowest BCUT2D eigenvalue weighted by Gasteiger charge is -2.30. The van der Waals surface area contributed by atoms with E-state index in [-0.39, 0.29) is 5.91 Å². The highest BCUT2D eigenvalue weighted by Crippen LogP contribution is 2.28. The summed E-state index contributed by atoms with van der Waals surface area (Å²) in [5, 5.41) is 3.03. The summed E-state index contributed by atoms with van der Waals surface area (Å²) in [7, 11) is -1.09. The quantitative estimate of drug-likeness (QED) is 0.526.